The fourth-order valence-corrected chi connectivity index (χ4v) is 1.54. The zero-order valence-corrected chi connectivity index (χ0v) is 9.77. The van der Waals surface area contributed by atoms with Crippen molar-refractivity contribution in [3.05, 3.63) is 47.4 Å². The molecule has 0 aliphatic carbocycles. The summed E-state index contributed by atoms with van der Waals surface area (Å²) in [6, 6.07) is 6.53. The SMILES string of the molecule is Cc1nnc(CN[C@@H](C)c2cccc(F)c2)o1. The molecule has 2 rings (SSSR count). The molecule has 0 saturated heterocycles. The van der Waals surface area contributed by atoms with Crippen molar-refractivity contribution >= 4 is 0 Å². The van der Waals surface area contributed by atoms with Crippen molar-refractivity contribution in [3.63, 3.8) is 0 Å². The number of halogens is 1. The van der Waals surface area contributed by atoms with Crippen LogP contribution in [0.2, 0.25) is 0 Å². The normalized spacial score (nSPS) is 12.6. The van der Waals surface area contributed by atoms with Crippen LogP contribution in [-0.4, -0.2) is 10.2 Å². The number of aromatic nitrogens is 2. The summed E-state index contributed by atoms with van der Waals surface area (Å²) in [5.74, 6) is 0.843. The first-order valence-electron chi connectivity index (χ1n) is 5.43. The highest BCUT2D eigenvalue weighted by atomic mass is 19.1. The van der Waals surface area contributed by atoms with Gasteiger partial charge in [-0.25, -0.2) is 4.39 Å². The van der Waals surface area contributed by atoms with Gasteiger partial charge in [0.15, 0.2) is 0 Å². The van der Waals surface area contributed by atoms with Gasteiger partial charge in [-0.1, -0.05) is 12.1 Å². The molecule has 0 radical (unpaired) electrons. The van der Waals surface area contributed by atoms with Crippen LogP contribution in [0.5, 0.6) is 0 Å². The Morgan fingerprint density at radius 2 is 2.24 bits per heavy atom. The summed E-state index contributed by atoms with van der Waals surface area (Å²) in [5.41, 5.74) is 0.890. The molecular weight excluding hydrogens is 221 g/mol. The van der Waals surface area contributed by atoms with Crippen molar-refractivity contribution in [2.24, 2.45) is 0 Å². The van der Waals surface area contributed by atoms with E-state index in [1.54, 1.807) is 13.0 Å². The summed E-state index contributed by atoms with van der Waals surface area (Å²) in [6.45, 7) is 4.17. The third-order valence-corrected chi connectivity index (χ3v) is 2.48. The van der Waals surface area contributed by atoms with E-state index in [4.69, 9.17) is 4.42 Å². The minimum Gasteiger partial charge on any atom is -0.424 e. The maximum Gasteiger partial charge on any atom is 0.230 e. The quantitative estimate of drug-likeness (QED) is 0.883. The number of hydrogen-bond donors (Lipinski definition) is 1. The molecule has 5 heteroatoms. The Kier molecular flexibility index (Phi) is 3.49. The first kappa shape index (κ1) is 11.7. The summed E-state index contributed by atoms with van der Waals surface area (Å²) in [7, 11) is 0. The molecule has 1 aromatic heterocycles. The van der Waals surface area contributed by atoms with E-state index in [0.717, 1.165) is 5.56 Å². The zero-order valence-electron chi connectivity index (χ0n) is 9.77. The number of nitrogens with one attached hydrogen (secondary N) is 1. The average Bonchev–Trinajstić information content (AvgIpc) is 2.72. The van der Waals surface area contributed by atoms with Gasteiger partial charge in [0.05, 0.1) is 6.54 Å². The van der Waals surface area contributed by atoms with Crippen molar-refractivity contribution < 1.29 is 8.81 Å². The van der Waals surface area contributed by atoms with Gasteiger partial charge < -0.3 is 9.73 Å². The molecule has 1 heterocycles. The Morgan fingerprint density at radius 1 is 1.41 bits per heavy atom. The summed E-state index contributed by atoms with van der Waals surface area (Å²) in [4.78, 5) is 0. The molecule has 0 saturated carbocycles. The Balaban J connectivity index is 1.95. The molecule has 0 aliphatic heterocycles. The van der Waals surface area contributed by atoms with Crippen molar-refractivity contribution in [2.75, 3.05) is 0 Å². The lowest BCUT2D eigenvalue weighted by Crippen LogP contribution is -2.18. The van der Waals surface area contributed by atoms with Gasteiger partial charge in [-0.05, 0) is 24.6 Å². The lowest BCUT2D eigenvalue weighted by atomic mass is 10.1. The van der Waals surface area contributed by atoms with Crippen molar-refractivity contribution in [1.82, 2.24) is 15.5 Å². The van der Waals surface area contributed by atoms with Gasteiger partial charge in [-0.15, -0.1) is 10.2 Å². The van der Waals surface area contributed by atoms with Crippen LogP contribution in [0.1, 0.15) is 30.3 Å². The molecular formula is C12H14FN3O. The van der Waals surface area contributed by atoms with E-state index >= 15 is 0 Å². The highest BCUT2D eigenvalue weighted by Gasteiger charge is 2.08. The molecule has 0 bridgehead atoms. The van der Waals surface area contributed by atoms with Crippen molar-refractivity contribution in [2.45, 2.75) is 26.4 Å². The molecule has 0 aliphatic rings. The third kappa shape index (κ3) is 3.10. The molecule has 0 unspecified atom stereocenters. The number of rotatable bonds is 4. The lowest BCUT2D eigenvalue weighted by molar-refractivity contribution is 0.430. The smallest absolute Gasteiger partial charge is 0.230 e. The monoisotopic (exact) mass is 235 g/mol. The highest BCUT2D eigenvalue weighted by Crippen LogP contribution is 2.13. The average molecular weight is 235 g/mol. The second kappa shape index (κ2) is 5.05. The van der Waals surface area contributed by atoms with Gasteiger partial charge in [-0.3, -0.25) is 0 Å². The van der Waals surface area contributed by atoms with Gasteiger partial charge in [0.2, 0.25) is 11.8 Å². The molecule has 0 spiro atoms. The second-order valence-corrected chi connectivity index (χ2v) is 3.87. The molecule has 2 aromatic rings. The van der Waals surface area contributed by atoms with E-state index in [0.29, 0.717) is 18.3 Å². The van der Waals surface area contributed by atoms with Gasteiger partial charge >= 0.3 is 0 Å². The van der Waals surface area contributed by atoms with Gasteiger partial charge in [0.25, 0.3) is 0 Å². The second-order valence-electron chi connectivity index (χ2n) is 3.87. The third-order valence-electron chi connectivity index (χ3n) is 2.48. The van der Waals surface area contributed by atoms with Crippen molar-refractivity contribution in [1.29, 1.82) is 0 Å². The largest absolute Gasteiger partial charge is 0.424 e. The highest BCUT2D eigenvalue weighted by molar-refractivity contribution is 5.19. The molecule has 0 amide bonds. The fourth-order valence-electron chi connectivity index (χ4n) is 1.54. The first-order valence-corrected chi connectivity index (χ1v) is 5.43. The molecule has 1 N–H and O–H groups in total. The van der Waals surface area contributed by atoms with Crippen LogP contribution >= 0.6 is 0 Å². The molecule has 1 aromatic carbocycles. The van der Waals surface area contributed by atoms with E-state index in [2.05, 4.69) is 15.5 Å². The Morgan fingerprint density at radius 3 is 2.88 bits per heavy atom. The molecule has 90 valence electrons. The predicted molar refractivity (Wildman–Crippen MR) is 60.7 cm³/mol. The number of benzene rings is 1. The van der Waals surface area contributed by atoms with Crippen LogP contribution in [0.15, 0.2) is 28.7 Å². The standard InChI is InChI=1S/C12H14FN3O/c1-8(10-4-3-5-11(13)6-10)14-7-12-16-15-9(2)17-12/h3-6,8,14H,7H2,1-2H3/t8-/m0/s1. The van der Waals surface area contributed by atoms with Crippen molar-refractivity contribution in [3.8, 4) is 0 Å². The minimum absolute atomic E-state index is 0.0258. The molecule has 0 fully saturated rings. The molecule has 17 heavy (non-hydrogen) atoms. The van der Waals surface area contributed by atoms with Crippen LogP contribution < -0.4 is 5.32 Å². The van der Waals surface area contributed by atoms with Gasteiger partial charge in [-0.2, -0.15) is 0 Å². The van der Waals surface area contributed by atoms with E-state index < -0.39 is 0 Å². The number of hydrogen-bond acceptors (Lipinski definition) is 4. The lowest BCUT2D eigenvalue weighted by Gasteiger charge is -2.12. The van der Waals surface area contributed by atoms with Crippen LogP contribution in [0.3, 0.4) is 0 Å². The van der Waals surface area contributed by atoms with Crippen LogP contribution in [0.25, 0.3) is 0 Å². The Bertz CT molecular complexity index is 498. The molecule has 4 nitrogen and oxygen atoms in total. The number of aryl methyl sites for hydroxylation is 1. The van der Waals surface area contributed by atoms with Crippen LogP contribution in [0, 0.1) is 12.7 Å². The van der Waals surface area contributed by atoms with E-state index in [1.165, 1.54) is 12.1 Å². The Hall–Kier alpha value is -1.75. The molecule has 1 atom stereocenters. The van der Waals surface area contributed by atoms with Gasteiger partial charge in [0.1, 0.15) is 5.82 Å². The summed E-state index contributed by atoms with van der Waals surface area (Å²) in [6.07, 6.45) is 0. The topological polar surface area (TPSA) is 51.0 Å². The summed E-state index contributed by atoms with van der Waals surface area (Å²) >= 11 is 0. The predicted octanol–water partition coefficient (Wildman–Crippen LogP) is 2.37. The van der Waals surface area contributed by atoms with E-state index in [1.807, 2.05) is 13.0 Å². The zero-order chi connectivity index (χ0) is 12.3. The Labute approximate surface area is 98.9 Å². The van der Waals surface area contributed by atoms with E-state index in [-0.39, 0.29) is 11.9 Å². The minimum atomic E-state index is -0.232. The maximum atomic E-state index is 13.0. The number of nitrogens with zero attached hydrogens (tertiary/aromatic N) is 2. The van der Waals surface area contributed by atoms with Gasteiger partial charge in [0, 0.05) is 13.0 Å². The fraction of sp³-hybridized carbons (Fsp3) is 0.333. The van der Waals surface area contributed by atoms with E-state index in [9.17, 15) is 4.39 Å². The summed E-state index contributed by atoms with van der Waals surface area (Å²) in [5, 5.41) is 10.8. The van der Waals surface area contributed by atoms with Crippen LogP contribution in [-0.2, 0) is 6.54 Å². The first-order chi connectivity index (χ1) is 8.15. The van der Waals surface area contributed by atoms with Crippen LogP contribution in [0.4, 0.5) is 4.39 Å². The maximum absolute atomic E-state index is 13.0. The summed E-state index contributed by atoms with van der Waals surface area (Å²) < 4.78 is 18.3.